The average molecular weight is 415 g/mol. The van der Waals surface area contributed by atoms with E-state index in [0.29, 0.717) is 24.3 Å². The molecule has 2 fully saturated rings. The van der Waals surface area contributed by atoms with Gasteiger partial charge in [0.2, 0.25) is 0 Å². The standard InChI is InChI=1S/C16H26N4O3S.C2H4O2/c1-5-6-20-8-12(11(2)17-20)16(21)19-7-13-14(18(3)4)10-24(22,23)15(13)9-19;1-2(3)4/h8,13-15H,5-7,9-10H2,1-4H3;1H3,(H,3,4)/t13-,14+,15-;/m0./s1. The van der Waals surface area contributed by atoms with Crippen molar-refractivity contribution in [1.29, 1.82) is 0 Å². The molecule has 1 aromatic heterocycles. The first kappa shape index (κ1) is 22.4. The van der Waals surface area contributed by atoms with Gasteiger partial charge in [0.1, 0.15) is 0 Å². The number of amides is 1. The van der Waals surface area contributed by atoms with Crippen LogP contribution in [0.25, 0.3) is 0 Å². The van der Waals surface area contributed by atoms with E-state index in [1.807, 2.05) is 25.9 Å². The second-order valence-corrected chi connectivity index (χ2v) is 9.95. The highest BCUT2D eigenvalue weighted by Gasteiger charge is 2.53. The number of hydrogen-bond acceptors (Lipinski definition) is 6. The van der Waals surface area contributed by atoms with Crippen LogP contribution in [0.5, 0.6) is 0 Å². The van der Waals surface area contributed by atoms with Gasteiger partial charge in [-0.15, -0.1) is 0 Å². The minimum Gasteiger partial charge on any atom is -0.481 e. The lowest BCUT2D eigenvalue weighted by Crippen LogP contribution is -2.38. The first-order chi connectivity index (χ1) is 13.0. The number of hydrogen-bond donors (Lipinski definition) is 1. The molecule has 2 aliphatic heterocycles. The van der Waals surface area contributed by atoms with Gasteiger partial charge >= 0.3 is 0 Å². The van der Waals surface area contributed by atoms with Gasteiger partial charge in [0, 0.05) is 44.7 Å². The number of likely N-dealkylation sites (tertiary alicyclic amines) is 1. The zero-order valence-electron chi connectivity index (χ0n) is 17.1. The fourth-order valence-electron chi connectivity index (χ4n) is 3.97. The van der Waals surface area contributed by atoms with E-state index >= 15 is 0 Å². The monoisotopic (exact) mass is 414 g/mol. The average Bonchev–Trinajstić information content (AvgIpc) is 3.21. The minimum atomic E-state index is -3.14. The molecule has 0 bridgehead atoms. The SMILES string of the molecule is CC(=O)O.CCCn1cc(C(=O)N2C[C@H]3[C@H](N(C)C)CS(=O)(=O)[C@H]3C2)c(C)n1. The molecule has 2 saturated heterocycles. The summed E-state index contributed by atoms with van der Waals surface area (Å²) in [5.41, 5.74) is 1.29. The fraction of sp³-hybridized carbons (Fsp3) is 0.722. The molecule has 2 aliphatic rings. The van der Waals surface area contributed by atoms with Gasteiger partial charge in [0.25, 0.3) is 11.9 Å². The third-order valence-electron chi connectivity index (χ3n) is 5.25. The predicted octanol–water partition coefficient (Wildman–Crippen LogP) is 0.492. The van der Waals surface area contributed by atoms with E-state index in [4.69, 9.17) is 9.90 Å². The fourth-order valence-corrected chi connectivity index (χ4v) is 6.45. The summed E-state index contributed by atoms with van der Waals surface area (Å²) < 4.78 is 26.7. The van der Waals surface area contributed by atoms with Gasteiger partial charge < -0.3 is 14.9 Å². The van der Waals surface area contributed by atoms with E-state index in [-0.39, 0.29) is 23.6 Å². The number of aryl methyl sites for hydroxylation is 2. The van der Waals surface area contributed by atoms with Gasteiger partial charge in [0.15, 0.2) is 9.84 Å². The van der Waals surface area contributed by atoms with E-state index in [1.54, 1.807) is 15.8 Å². The van der Waals surface area contributed by atoms with Crippen LogP contribution in [0.1, 0.15) is 36.3 Å². The zero-order valence-corrected chi connectivity index (χ0v) is 17.9. The number of carbonyl (C=O) groups is 2. The summed E-state index contributed by atoms with van der Waals surface area (Å²) in [4.78, 5) is 25.5. The maximum Gasteiger partial charge on any atom is 0.300 e. The highest BCUT2D eigenvalue weighted by molar-refractivity contribution is 7.92. The number of carboxylic acids is 1. The summed E-state index contributed by atoms with van der Waals surface area (Å²) in [7, 11) is 0.681. The summed E-state index contributed by atoms with van der Waals surface area (Å²) in [6, 6.07) is -0.0123. The number of rotatable bonds is 4. The van der Waals surface area contributed by atoms with E-state index in [9.17, 15) is 13.2 Å². The lowest BCUT2D eigenvalue weighted by molar-refractivity contribution is -0.134. The maximum absolute atomic E-state index is 12.9. The van der Waals surface area contributed by atoms with Gasteiger partial charge in [-0.1, -0.05) is 6.92 Å². The molecule has 3 rings (SSSR count). The van der Waals surface area contributed by atoms with Crippen molar-refractivity contribution >= 4 is 21.7 Å². The molecular weight excluding hydrogens is 384 g/mol. The number of carbonyl (C=O) groups excluding carboxylic acids is 1. The van der Waals surface area contributed by atoms with Crippen molar-refractivity contribution in [2.24, 2.45) is 5.92 Å². The van der Waals surface area contributed by atoms with E-state index < -0.39 is 21.1 Å². The Kier molecular flexibility index (Phi) is 6.87. The van der Waals surface area contributed by atoms with Crippen molar-refractivity contribution in [1.82, 2.24) is 19.6 Å². The van der Waals surface area contributed by atoms with Crippen LogP contribution in [0.3, 0.4) is 0 Å². The van der Waals surface area contributed by atoms with E-state index in [0.717, 1.165) is 19.9 Å². The first-order valence-corrected chi connectivity index (χ1v) is 11.1. The summed E-state index contributed by atoms with van der Waals surface area (Å²) in [6.07, 6.45) is 2.73. The number of aromatic nitrogens is 2. The molecule has 0 unspecified atom stereocenters. The molecule has 0 saturated carbocycles. The number of fused-ring (bicyclic) bond motifs is 1. The largest absolute Gasteiger partial charge is 0.481 e. The Bertz CT molecular complexity index is 829. The Balaban J connectivity index is 0.000000640. The van der Waals surface area contributed by atoms with Crippen LogP contribution >= 0.6 is 0 Å². The molecule has 0 aromatic carbocycles. The van der Waals surface area contributed by atoms with Crippen molar-refractivity contribution in [3.05, 3.63) is 17.5 Å². The highest BCUT2D eigenvalue weighted by atomic mass is 32.2. The van der Waals surface area contributed by atoms with Crippen molar-refractivity contribution in [3.63, 3.8) is 0 Å². The van der Waals surface area contributed by atoms with E-state index in [2.05, 4.69) is 12.0 Å². The molecule has 0 spiro atoms. The Hall–Kier alpha value is -1.94. The van der Waals surface area contributed by atoms with Gasteiger partial charge in [-0.3, -0.25) is 14.3 Å². The normalized spacial score (nSPS) is 25.4. The lowest BCUT2D eigenvalue weighted by atomic mass is 10.00. The third-order valence-corrected chi connectivity index (χ3v) is 7.47. The lowest BCUT2D eigenvalue weighted by Gasteiger charge is -2.25. The van der Waals surface area contributed by atoms with Crippen molar-refractivity contribution in [2.75, 3.05) is 32.9 Å². The van der Waals surface area contributed by atoms with E-state index in [1.165, 1.54) is 0 Å². The van der Waals surface area contributed by atoms with Gasteiger partial charge in [0.05, 0.1) is 22.3 Å². The number of sulfone groups is 1. The molecule has 0 aliphatic carbocycles. The Morgan fingerprint density at radius 2 is 1.93 bits per heavy atom. The smallest absolute Gasteiger partial charge is 0.300 e. The molecule has 9 nitrogen and oxygen atoms in total. The molecule has 158 valence electrons. The minimum absolute atomic E-state index is 0.0000529. The summed E-state index contributed by atoms with van der Waals surface area (Å²) in [5.74, 6) is -0.734. The number of aliphatic carboxylic acids is 1. The molecule has 28 heavy (non-hydrogen) atoms. The summed E-state index contributed by atoms with van der Waals surface area (Å²) in [6.45, 7) is 6.55. The van der Waals surface area contributed by atoms with Crippen LogP contribution < -0.4 is 0 Å². The molecule has 10 heteroatoms. The second-order valence-electron chi connectivity index (χ2n) is 7.68. The van der Waals surface area contributed by atoms with Crippen LogP contribution in [0.4, 0.5) is 0 Å². The maximum atomic E-state index is 12.9. The first-order valence-electron chi connectivity index (χ1n) is 9.38. The van der Waals surface area contributed by atoms with Crippen molar-refractivity contribution in [3.8, 4) is 0 Å². The topological polar surface area (TPSA) is 113 Å². The van der Waals surface area contributed by atoms with Gasteiger partial charge in [-0.25, -0.2) is 8.42 Å². The van der Waals surface area contributed by atoms with Crippen LogP contribution in [-0.2, 0) is 21.2 Å². The third kappa shape index (κ3) is 4.72. The van der Waals surface area contributed by atoms with Crippen LogP contribution in [0.15, 0.2) is 6.20 Å². The molecule has 0 radical (unpaired) electrons. The Morgan fingerprint density at radius 3 is 2.46 bits per heavy atom. The zero-order chi connectivity index (χ0) is 21.2. The molecule has 1 N–H and O–H groups in total. The second kappa shape index (κ2) is 8.60. The van der Waals surface area contributed by atoms with Gasteiger partial charge in [-0.2, -0.15) is 5.10 Å². The summed E-state index contributed by atoms with van der Waals surface area (Å²) in [5, 5.41) is 11.4. The van der Waals surface area contributed by atoms with Crippen molar-refractivity contribution < 1.29 is 23.1 Å². The van der Waals surface area contributed by atoms with Crippen LogP contribution in [0.2, 0.25) is 0 Å². The number of carboxylic acid groups (broad SMARTS) is 1. The summed E-state index contributed by atoms with van der Waals surface area (Å²) >= 11 is 0. The molecule has 3 heterocycles. The molecular formula is C18H30N4O5S. The van der Waals surface area contributed by atoms with Crippen molar-refractivity contribution in [2.45, 2.75) is 45.0 Å². The molecule has 1 amide bonds. The molecule has 3 atom stereocenters. The quantitative estimate of drug-likeness (QED) is 0.763. The highest BCUT2D eigenvalue weighted by Crippen LogP contribution is 2.36. The van der Waals surface area contributed by atoms with Gasteiger partial charge in [-0.05, 0) is 27.4 Å². The number of nitrogens with zero attached hydrogens (tertiary/aromatic N) is 4. The van der Waals surface area contributed by atoms with Crippen LogP contribution in [-0.4, -0.2) is 89.2 Å². The van der Waals surface area contributed by atoms with Crippen LogP contribution in [0, 0.1) is 12.8 Å². The predicted molar refractivity (Wildman–Crippen MR) is 105 cm³/mol. The molecule has 1 aromatic rings. The Morgan fingerprint density at radius 1 is 1.32 bits per heavy atom. The Labute approximate surface area is 166 Å².